The Morgan fingerprint density at radius 3 is 2.10 bits per heavy atom. The van der Waals surface area contributed by atoms with Crippen molar-refractivity contribution in [1.82, 2.24) is 31.1 Å². The number of hydrogen-bond donors (Lipinski definition) is 13. The largest absolute Gasteiger partial charge is 0.508 e. The van der Waals surface area contributed by atoms with Crippen molar-refractivity contribution in [2.24, 2.45) is 23.5 Å². The maximum atomic E-state index is 14.7. The average molecular weight is 1140 g/mol. The summed E-state index contributed by atoms with van der Waals surface area (Å²) in [6.45, 7) is 4.76. The number of unbranched alkanes of at least 4 members (excludes halogenated alkanes) is 5. The molecule has 0 aliphatic carbocycles. The van der Waals surface area contributed by atoms with E-state index in [2.05, 4.69) is 42.0 Å². The van der Waals surface area contributed by atoms with Crippen LogP contribution in [0, 0.1) is 17.8 Å². The Bertz CT molecular complexity index is 2390. The lowest BCUT2D eigenvalue weighted by Crippen LogP contribution is -2.61. The minimum absolute atomic E-state index is 0.0276. The predicted molar refractivity (Wildman–Crippen MR) is 292 cm³/mol. The maximum absolute atomic E-state index is 14.7. The number of benzene rings is 2. The van der Waals surface area contributed by atoms with Gasteiger partial charge in [-0.1, -0.05) is 108 Å². The summed E-state index contributed by atoms with van der Waals surface area (Å²) in [5, 5.41) is 98.1. The Hall–Kier alpha value is -5.73. The first-order chi connectivity index (χ1) is 38.0. The molecule has 5 rings (SSSR count). The van der Waals surface area contributed by atoms with Crippen LogP contribution in [0.1, 0.15) is 129 Å². The van der Waals surface area contributed by atoms with Crippen LogP contribution in [0.3, 0.4) is 0 Å². The van der Waals surface area contributed by atoms with Crippen LogP contribution in [0.4, 0.5) is 0 Å². The van der Waals surface area contributed by atoms with Crippen molar-refractivity contribution in [3.05, 3.63) is 60.2 Å². The zero-order valence-electron chi connectivity index (χ0n) is 45.8. The molecule has 2 aromatic rings. The number of rotatable bonds is 22. The molecule has 0 aromatic heterocycles. The summed E-state index contributed by atoms with van der Waals surface area (Å²) in [6.07, 6.45) is -5.76. The highest BCUT2D eigenvalue weighted by Crippen LogP contribution is 2.32. The number of carbonyl (C=O) groups excluding carboxylic acids is 8. The van der Waals surface area contributed by atoms with Gasteiger partial charge in [-0.05, 0) is 60.9 Å². The second-order valence-corrected chi connectivity index (χ2v) is 23.0. The summed E-state index contributed by atoms with van der Waals surface area (Å²) >= 11 is 0.906. The van der Waals surface area contributed by atoms with Crippen molar-refractivity contribution in [3.63, 3.8) is 0 Å². The zero-order valence-corrected chi connectivity index (χ0v) is 46.6. The van der Waals surface area contributed by atoms with Gasteiger partial charge in [0.05, 0.1) is 55.5 Å². The molecule has 0 bridgehead atoms. The molecule has 3 aliphatic heterocycles. The summed E-state index contributed by atoms with van der Waals surface area (Å²) in [5.74, 6) is -9.55. The van der Waals surface area contributed by atoms with E-state index in [1.165, 1.54) is 18.6 Å². The number of thioether (sulfide) groups is 1. The number of nitrogens with two attached hydrogens (primary N) is 1. The van der Waals surface area contributed by atoms with E-state index in [1.54, 1.807) is 30.3 Å². The molecule has 7 amide bonds. The van der Waals surface area contributed by atoms with Crippen molar-refractivity contribution >= 4 is 58.9 Å². The lowest BCUT2D eigenvalue weighted by atomic mass is 9.86. The summed E-state index contributed by atoms with van der Waals surface area (Å²) in [4.78, 5) is 115. The quantitative estimate of drug-likeness (QED) is 0.0699. The molecule has 444 valence electrons. The highest BCUT2D eigenvalue weighted by Gasteiger charge is 2.49. The van der Waals surface area contributed by atoms with Crippen molar-refractivity contribution in [3.8, 4) is 5.75 Å². The molecule has 0 radical (unpaired) electrons. The van der Waals surface area contributed by atoms with Gasteiger partial charge in [-0.25, -0.2) is 0 Å². The maximum Gasteiger partial charge on any atom is 0.248 e. The topological polar surface area (TPSA) is 379 Å². The number of aliphatic hydroxyl groups is 7. The van der Waals surface area contributed by atoms with E-state index >= 15 is 0 Å². The number of aliphatic hydroxyl groups excluding tert-OH is 7. The summed E-state index contributed by atoms with van der Waals surface area (Å²) in [7, 11) is 0. The first-order valence-electron chi connectivity index (χ1n) is 27.9. The van der Waals surface area contributed by atoms with Gasteiger partial charge in [-0.3, -0.25) is 38.4 Å². The molecule has 2 aromatic carbocycles. The Kier molecular flexibility index (Phi) is 25.6. The van der Waals surface area contributed by atoms with Gasteiger partial charge in [0, 0.05) is 43.7 Å². The third kappa shape index (κ3) is 18.7. The Balaban J connectivity index is 1.51. The first-order valence-corrected chi connectivity index (χ1v) is 28.7. The van der Waals surface area contributed by atoms with Gasteiger partial charge in [0.1, 0.15) is 41.4 Å². The van der Waals surface area contributed by atoms with E-state index < -0.39 is 164 Å². The number of phenolic OH excluding ortho intramolecular Hbond substituents is 1. The molecule has 3 saturated heterocycles. The highest BCUT2D eigenvalue weighted by atomic mass is 32.2. The van der Waals surface area contributed by atoms with E-state index in [0.717, 1.165) is 72.2 Å². The smallest absolute Gasteiger partial charge is 0.248 e. The van der Waals surface area contributed by atoms with Gasteiger partial charge in [-0.15, -0.1) is 0 Å². The summed E-state index contributed by atoms with van der Waals surface area (Å²) in [5.41, 5.74) is 5.36. The molecule has 3 fully saturated rings. The second kappa shape index (κ2) is 31.5. The monoisotopic (exact) mass is 1140 g/mol. The molecule has 14 N–H and O–H groups in total. The highest BCUT2D eigenvalue weighted by molar-refractivity contribution is 8.00. The molecule has 80 heavy (non-hydrogen) atoms. The standard InChI is InChI=1S/C56H83N7O16S/c1-4-31(2)24-32(3)14-10-7-5-6-8-13-17-46(72)58-38-27-44(70)54(80-36-15-11-9-12-16-36)61-53(77)48-41(67)22-23-62(48)56(79)47(43(69)28-45(57)71)60-51(75)37(50(74)49(73)33-18-20-34(65)21-19-33)26-42(68)40-25-35(66)29-63(40)55(78)39(30-64)59-52(38)76/h9,11-12,15-16,18-21,31-32,35,37-41,43-44,47-50,54,64-67,69-70,73-74H,4-8,10,13-14,17,22-30H2,1-3H3,(H2,57,71)(H,58,72)(H,59,76)(H,60,75)(H,61,77)/t31-,32+,35+,37-,38-,39-,40-,41-,43+,44+,47-,48-,49-,50-,54+/m0/s1. The van der Waals surface area contributed by atoms with Crippen LogP contribution >= 0.6 is 11.8 Å². The minimum atomic E-state index is -2.23. The Morgan fingerprint density at radius 1 is 0.787 bits per heavy atom. The number of nitrogens with one attached hydrogen (secondary N) is 4. The number of ketones is 1. The Labute approximate surface area is 470 Å². The van der Waals surface area contributed by atoms with Gasteiger partial charge in [0.15, 0.2) is 5.78 Å². The molecule has 23 nitrogen and oxygen atoms in total. The van der Waals surface area contributed by atoms with Crippen molar-refractivity contribution < 1.29 is 79.2 Å². The van der Waals surface area contributed by atoms with Crippen LogP contribution in [0.15, 0.2) is 59.5 Å². The second-order valence-electron chi connectivity index (χ2n) is 21.8. The van der Waals surface area contributed by atoms with Gasteiger partial charge in [0.2, 0.25) is 41.4 Å². The number of hydrogen-bond acceptors (Lipinski definition) is 17. The molecule has 15 atom stereocenters. The number of nitrogens with zero attached hydrogens (tertiary/aromatic N) is 2. The van der Waals surface area contributed by atoms with Gasteiger partial charge in [0.25, 0.3) is 0 Å². The van der Waals surface area contributed by atoms with Gasteiger partial charge >= 0.3 is 0 Å². The molecular weight excluding hydrogens is 1060 g/mol. The van der Waals surface area contributed by atoms with Crippen LogP contribution in [-0.2, 0) is 38.4 Å². The van der Waals surface area contributed by atoms with E-state index in [1.807, 2.05) is 0 Å². The fourth-order valence-corrected chi connectivity index (χ4v) is 11.7. The van der Waals surface area contributed by atoms with Crippen LogP contribution in [0.2, 0.25) is 0 Å². The van der Waals surface area contributed by atoms with Gasteiger partial charge in [-0.2, -0.15) is 0 Å². The van der Waals surface area contributed by atoms with Crippen molar-refractivity contribution in [2.75, 3.05) is 19.7 Å². The average Bonchev–Trinajstić information content (AvgIpc) is 4.05. The van der Waals surface area contributed by atoms with Crippen LogP contribution in [0.25, 0.3) is 0 Å². The van der Waals surface area contributed by atoms with Crippen molar-refractivity contribution in [2.45, 2.75) is 194 Å². The summed E-state index contributed by atoms with van der Waals surface area (Å²) in [6, 6.07) is 4.03. The molecular formula is C56H83N7O16S. The van der Waals surface area contributed by atoms with Crippen LogP contribution in [0.5, 0.6) is 5.75 Å². The lowest BCUT2D eigenvalue weighted by molar-refractivity contribution is -0.149. The fraction of sp³-hybridized carbons (Fsp3) is 0.643. The van der Waals surface area contributed by atoms with Crippen molar-refractivity contribution in [1.29, 1.82) is 0 Å². The number of Topliss-reactive ketones (excluding diaryl/α,β-unsaturated/α-hetero) is 1. The molecule has 3 aliphatic rings. The van der Waals surface area contributed by atoms with E-state index in [-0.39, 0.29) is 30.7 Å². The number of aromatic hydroxyl groups is 1. The Morgan fingerprint density at radius 2 is 1.45 bits per heavy atom. The number of fused-ring (bicyclic) bond motifs is 2. The molecule has 3 heterocycles. The molecule has 0 saturated carbocycles. The van der Waals surface area contributed by atoms with Crippen LogP contribution in [-0.4, -0.2) is 184 Å². The van der Waals surface area contributed by atoms with E-state index in [4.69, 9.17) is 5.73 Å². The minimum Gasteiger partial charge on any atom is -0.508 e. The SMILES string of the molecule is CC[C@H](C)C[C@H](C)CCCCCCCCC(=O)N[C@H]1C[C@@H](O)[C@@H](Sc2ccccc2)NC(=O)[C@@H]2[C@@H](O)CCN2C(=O)[C@H]([C@H](O)CC(N)=O)NC(=O)[C@H]([C@H](O)[C@@H](O)c2ccc(O)cc2)CC(=O)[C@@H]2C[C@@H](O)CN2C(=O)[C@H](CO)NC1=O. The fourth-order valence-electron chi connectivity index (χ4n) is 10.7. The molecule has 0 unspecified atom stereocenters. The number of carbonyl (C=O) groups is 8. The number of amides is 7. The third-order valence-corrected chi connectivity index (χ3v) is 16.6. The number of primary amides is 1. The molecule has 24 heteroatoms. The van der Waals surface area contributed by atoms with E-state index in [0.29, 0.717) is 29.6 Å². The normalized spacial score (nSPS) is 27.6. The molecule has 0 spiro atoms. The number of phenols is 1. The first kappa shape index (κ1) is 65.1. The lowest BCUT2D eigenvalue weighted by Gasteiger charge is -2.34. The van der Waals surface area contributed by atoms with Gasteiger partial charge < -0.3 is 77.7 Å². The van der Waals surface area contributed by atoms with E-state index in [9.17, 15) is 79.2 Å². The zero-order chi connectivity index (χ0) is 58.8. The van der Waals surface area contributed by atoms with Crippen LogP contribution < -0.4 is 27.0 Å². The third-order valence-electron chi connectivity index (χ3n) is 15.4. The predicted octanol–water partition coefficient (Wildman–Crippen LogP) is 0.161. The summed E-state index contributed by atoms with van der Waals surface area (Å²) < 4.78 is 0.